The molecule has 0 aliphatic heterocycles. The van der Waals surface area contributed by atoms with Gasteiger partial charge in [0.1, 0.15) is 0 Å². The summed E-state index contributed by atoms with van der Waals surface area (Å²) in [6.45, 7) is 2.86. The molecular formula is C11H17N3O. The molecule has 1 N–H and O–H groups in total. The summed E-state index contributed by atoms with van der Waals surface area (Å²) in [5.41, 5.74) is 0.814. The van der Waals surface area contributed by atoms with Gasteiger partial charge in [-0.25, -0.2) is 0 Å². The van der Waals surface area contributed by atoms with Gasteiger partial charge in [0.15, 0.2) is 0 Å². The lowest BCUT2D eigenvalue weighted by Crippen LogP contribution is -2.19. The Morgan fingerprint density at radius 3 is 2.93 bits per heavy atom. The molecule has 4 heteroatoms. The van der Waals surface area contributed by atoms with Gasteiger partial charge in [0.2, 0.25) is 5.91 Å². The summed E-state index contributed by atoms with van der Waals surface area (Å²) in [5, 5.41) is 7.03. The second-order valence-electron chi connectivity index (χ2n) is 4.06. The Bertz CT molecular complexity index is 339. The van der Waals surface area contributed by atoms with E-state index in [2.05, 4.69) is 10.4 Å². The van der Waals surface area contributed by atoms with E-state index in [4.69, 9.17) is 0 Å². The average Bonchev–Trinajstić information content (AvgIpc) is 2.87. The molecule has 1 aromatic heterocycles. The minimum atomic E-state index is 0.156. The number of hydrogen-bond acceptors (Lipinski definition) is 2. The molecule has 0 unspecified atom stereocenters. The molecule has 1 saturated carbocycles. The van der Waals surface area contributed by atoms with Crippen molar-refractivity contribution in [1.29, 1.82) is 0 Å². The normalized spacial score (nSPS) is 16.9. The number of rotatable bonds is 3. The van der Waals surface area contributed by atoms with E-state index in [-0.39, 0.29) is 11.8 Å². The van der Waals surface area contributed by atoms with Gasteiger partial charge in [-0.1, -0.05) is 12.8 Å². The molecular weight excluding hydrogens is 190 g/mol. The first-order chi connectivity index (χ1) is 7.29. The first-order valence-corrected chi connectivity index (χ1v) is 5.63. The maximum atomic E-state index is 11.8. The maximum absolute atomic E-state index is 11.8. The second kappa shape index (κ2) is 4.47. The number of nitrogens with zero attached hydrogens (tertiary/aromatic N) is 2. The van der Waals surface area contributed by atoms with Crippen LogP contribution in [-0.4, -0.2) is 15.7 Å². The van der Waals surface area contributed by atoms with Crippen LogP contribution >= 0.6 is 0 Å². The van der Waals surface area contributed by atoms with Gasteiger partial charge in [0, 0.05) is 18.7 Å². The molecule has 2 rings (SSSR count). The van der Waals surface area contributed by atoms with Crippen LogP contribution in [0, 0.1) is 5.92 Å². The van der Waals surface area contributed by atoms with E-state index >= 15 is 0 Å². The Morgan fingerprint density at radius 1 is 1.60 bits per heavy atom. The van der Waals surface area contributed by atoms with Gasteiger partial charge < -0.3 is 5.32 Å². The Kier molecular flexibility index (Phi) is 3.04. The highest BCUT2D eigenvalue weighted by Gasteiger charge is 2.22. The van der Waals surface area contributed by atoms with Crippen LogP contribution in [0.5, 0.6) is 0 Å². The summed E-state index contributed by atoms with van der Waals surface area (Å²) in [5.74, 6) is 0.373. The third kappa shape index (κ3) is 2.37. The fourth-order valence-corrected chi connectivity index (χ4v) is 2.03. The minimum absolute atomic E-state index is 0.156. The van der Waals surface area contributed by atoms with Crippen LogP contribution in [0.15, 0.2) is 12.4 Å². The number of nitrogens with one attached hydrogen (secondary N) is 1. The average molecular weight is 207 g/mol. The summed E-state index contributed by atoms with van der Waals surface area (Å²) in [4.78, 5) is 11.8. The van der Waals surface area contributed by atoms with E-state index in [1.165, 1.54) is 12.8 Å². The lowest BCUT2D eigenvalue weighted by atomic mass is 10.1. The van der Waals surface area contributed by atoms with Crippen molar-refractivity contribution in [2.24, 2.45) is 5.92 Å². The summed E-state index contributed by atoms with van der Waals surface area (Å²) >= 11 is 0. The minimum Gasteiger partial charge on any atom is -0.323 e. The SMILES string of the molecule is CCn1cc(NC(=O)C2CCCC2)cn1. The Balaban J connectivity index is 1.92. The molecule has 0 aromatic carbocycles. The molecule has 0 radical (unpaired) electrons. The van der Waals surface area contributed by atoms with Crippen LogP contribution < -0.4 is 5.32 Å². The van der Waals surface area contributed by atoms with E-state index in [9.17, 15) is 4.79 Å². The van der Waals surface area contributed by atoms with Crippen molar-refractivity contribution >= 4 is 11.6 Å². The van der Waals surface area contributed by atoms with Gasteiger partial charge in [-0.3, -0.25) is 9.48 Å². The molecule has 1 aliphatic rings. The van der Waals surface area contributed by atoms with Crippen molar-refractivity contribution in [3.05, 3.63) is 12.4 Å². The molecule has 4 nitrogen and oxygen atoms in total. The predicted octanol–water partition coefficient (Wildman–Crippen LogP) is 2.03. The van der Waals surface area contributed by atoms with Crippen LogP contribution in [0.25, 0.3) is 0 Å². The number of carbonyl (C=O) groups is 1. The lowest BCUT2D eigenvalue weighted by Gasteiger charge is -2.07. The fraction of sp³-hybridized carbons (Fsp3) is 0.636. The van der Waals surface area contributed by atoms with Crippen molar-refractivity contribution < 1.29 is 4.79 Å². The van der Waals surface area contributed by atoms with E-state index in [1.54, 1.807) is 6.20 Å². The molecule has 1 aliphatic carbocycles. The van der Waals surface area contributed by atoms with Crippen molar-refractivity contribution in [3.8, 4) is 0 Å². The van der Waals surface area contributed by atoms with E-state index in [0.717, 1.165) is 25.1 Å². The summed E-state index contributed by atoms with van der Waals surface area (Å²) in [7, 11) is 0. The van der Waals surface area contributed by atoms with E-state index in [0.29, 0.717) is 0 Å². The molecule has 0 spiro atoms. The summed E-state index contributed by atoms with van der Waals surface area (Å²) in [6.07, 6.45) is 8.02. The van der Waals surface area contributed by atoms with Crippen LogP contribution in [0.2, 0.25) is 0 Å². The number of amides is 1. The largest absolute Gasteiger partial charge is 0.323 e. The van der Waals surface area contributed by atoms with Crippen LogP contribution in [0.3, 0.4) is 0 Å². The highest BCUT2D eigenvalue weighted by molar-refractivity contribution is 5.92. The number of anilines is 1. The van der Waals surface area contributed by atoms with Crippen LogP contribution in [-0.2, 0) is 11.3 Å². The van der Waals surface area contributed by atoms with Crippen molar-refractivity contribution in [1.82, 2.24) is 9.78 Å². The zero-order chi connectivity index (χ0) is 10.7. The standard InChI is InChI=1S/C11H17N3O/c1-2-14-8-10(7-12-14)13-11(15)9-5-3-4-6-9/h7-9H,2-6H2,1H3,(H,13,15). The third-order valence-electron chi connectivity index (χ3n) is 2.95. The molecule has 0 saturated heterocycles. The maximum Gasteiger partial charge on any atom is 0.227 e. The molecule has 1 aromatic rings. The number of aromatic nitrogens is 2. The summed E-state index contributed by atoms with van der Waals surface area (Å²) < 4.78 is 1.81. The number of carbonyl (C=O) groups excluding carboxylic acids is 1. The van der Waals surface area contributed by atoms with E-state index < -0.39 is 0 Å². The van der Waals surface area contributed by atoms with Crippen molar-refractivity contribution in [2.75, 3.05) is 5.32 Å². The Hall–Kier alpha value is -1.32. The quantitative estimate of drug-likeness (QED) is 0.824. The molecule has 1 heterocycles. The Morgan fingerprint density at radius 2 is 2.33 bits per heavy atom. The van der Waals surface area contributed by atoms with Crippen LogP contribution in [0.4, 0.5) is 5.69 Å². The zero-order valence-corrected chi connectivity index (χ0v) is 9.07. The topological polar surface area (TPSA) is 46.9 Å². The monoisotopic (exact) mass is 207 g/mol. The fourth-order valence-electron chi connectivity index (χ4n) is 2.03. The molecule has 82 valence electrons. The number of aryl methyl sites for hydroxylation is 1. The highest BCUT2D eigenvalue weighted by atomic mass is 16.1. The molecule has 0 bridgehead atoms. The van der Waals surface area contributed by atoms with Crippen molar-refractivity contribution in [3.63, 3.8) is 0 Å². The third-order valence-corrected chi connectivity index (χ3v) is 2.95. The zero-order valence-electron chi connectivity index (χ0n) is 9.07. The highest BCUT2D eigenvalue weighted by Crippen LogP contribution is 2.25. The molecule has 0 atom stereocenters. The molecule has 15 heavy (non-hydrogen) atoms. The first-order valence-electron chi connectivity index (χ1n) is 5.63. The number of hydrogen-bond donors (Lipinski definition) is 1. The Labute approximate surface area is 89.7 Å². The van der Waals surface area contributed by atoms with Gasteiger partial charge in [0.05, 0.1) is 11.9 Å². The predicted molar refractivity (Wildman–Crippen MR) is 58.5 cm³/mol. The van der Waals surface area contributed by atoms with Gasteiger partial charge in [-0.15, -0.1) is 0 Å². The van der Waals surface area contributed by atoms with Gasteiger partial charge in [0.25, 0.3) is 0 Å². The summed E-state index contributed by atoms with van der Waals surface area (Å²) in [6, 6.07) is 0. The van der Waals surface area contributed by atoms with Gasteiger partial charge in [-0.2, -0.15) is 5.10 Å². The van der Waals surface area contributed by atoms with Gasteiger partial charge >= 0.3 is 0 Å². The van der Waals surface area contributed by atoms with E-state index in [1.807, 2.05) is 17.8 Å². The molecule has 1 amide bonds. The van der Waals surface area contributed by atoms with Gasteiger partial charge in [-0.05, 0) is 19.8 Å². The molecule has 1 fully saturated rings. The smallest absolute Gasteiger partial charge is 0.227 e. The second-order valence-corrected chi connectivity index (χ2v) is 4.06. The lowest BCUT2D eigenvalue weighted by molar-refractivity contribution is -0.119. The van der Waals surface area contributed by atoms with Crippen molar-refractivity contribution in [2.45, 2.75) is 39.2 Å². The first kappa shape index (κ1) is 10.2. The van der Waals surface area contributed by atoms with Crippen LogP contribution in [0.1, 0.15) is 32.6 Å².